The summed E-state index contributed by atoms with van der Waals surface area (Å²) < 4.78 is 16.4. The number of aromatic nitrogens is 3. The van der Waals surface area contributed by atoms with E-state index in [1.807, 2.05) is 45.0 Å². The lowest BCUT2D eigenvalue weighted by molar-refractivity contribution is -0.156. The molecule has 1 saturated heterocycles. The van der Waals surface area contributed by atoms with E-state index in [4.69, 9.17) is 14.2 Å². The number of nitrogens with one attached hydrogen (secondary N) is 2. The molecule has 3 heterocycles. The van der Waals surface area contributed by atoms with E-state index >= 15 is 0 Å². The first kappa shape index (κ1) is 40.9. The highest BCUT2D eigenvalue weighted by Crippen LogP contribution is 2.24. The Balaban J connectivity index is 1.33. The fourth-order valence-electron chi connectivity index (χ4n) is 5.42. The summed E-state index contributed by atoms with van der Waals surface area (Å²) in [7, 11) is 0. The molecule has 2 amide bonds. The Bertz CT molecular complexity index is 1670. The van der Waals surface area contributed by atoms with Gasteiger partial charge in [-0.25, -0.2) is 24.5 Å². The molecular formula is C39H56N8O6. The zero-order chi connectivity index (χ0) is 38.8. The van der Waals surface area contributed by atoms with Crippen molar-refractivity contribution in [3.63, 3.8) is 0 Å². The molecule has 53 heavy (non-hydrogen) atoms. The molecule has 0 bridgehead atoms. The van der Waals surface area contributed by atoms with Crippen molar-refractivity contribution in [1.82, 2.24) is 35.0 Å². The maximum absolute atomic E-state index is 13.0. The number of alkyl carbamates (subject to hydrolysis) is 1. The van der Waals surface area contributed by atoms with Gasteiger partial charge in [0, 0.05) is 75.7 Å². The van der Waals surface area contributed by atoms with Crippen LogP contribution in [-0.4, -0.2) is 110 Å². The van der Waals surface area contributed by atoms with Crippen LogP contribution >= 0.6 is 0 Å². The molecule has 1 aromatic carbocycles. The number of piperazine rings is 1. The fourth-order valence-corrected chi connectivity index (χ4v) is 5.42. The number of carbonyl (C=O) groups excluding carboxylic acids is 3. The molecule has 288 valence electrons. The van der Waals surface area contributed by atoms with E-state index in [0.717, 1.165) is 49.5 Å². The van der Waals surface area contributed by atoms with Crippen LogP contribution in [-0.2, 0) is 32.1 Å². The number of carbonyl (C=O) groups is 3. The van der Waals surface area contributed by atoms with Crippen molar-refractivity contribution in [3.8, 4) is 11.1 Å². The second-order valence-corrected chi connectivity index (χ2v) is 16.1. The van der Waals surface area contributed by atoms with Gasteiger partial charge in [0.2, 0.25) is 0 Å². The molecule has 1 fully saturated rings. The molecule has 3 aromatic rings. The molecule has 0 atom stereocenters. The Kier molecular flexibility index (Phi) is 13.8. The summed E-state index contributed by atoms with van der Waals surface area (Å²) in [6.45, 7) is 21.3. The Morgan fingerprint density at radius 3 is 2.06 bits per heavy atom. The summed E-state index contributed by atoms with van der Waals surface area (Å²) in [6.07, 6.45) is 4.05. The van der Waals surface area contributed by atoms with E-state index in [-0.39, 0.29) is 25.6 Å². The molecule has 2 aromatic heterocycles. The van der Waals surface area contributed by atoms with Gasteiger partial charge in [-0.2, -0.15) is 0 Å². The number of hydrogen-bond acceptors (Lipinski definition) is 12. The Labute approximate surface area is 313 Å². The Hall–Kier alpha value is -4.82. The van der Waals surface area contributed by atoms with Gasteiger partial charge in [-0.15, -0.1) is 0 Å². The van der Waals surface area contributed by atoms with Crippen molar-refractivity contribution < 1.29 is 28.6 Å². The average molecular weight is 733 g/mol. The van der Waals surface area contributed by atoms with Crippen molar-refractivity contribution in [1.29, 1.82) is 0 Å². The Morgan fingerprint density at radius 2 is 1.42 bits per heavy atom. The van der Waals surface area contributed by atoms with Crippen molar-refractivity contribution in [3.05, 3.63) is 66.4 Å². The zero-order valence-electron chi connectivity index (χ0n) is 32.7. The number of ether oxygens (including phenoxy) is 3. The van der Waals surface area contributed by atoms with Crippen LogP contribution in [0.1, 0.15) is 73.7 Å². The average Bonchev–Trinajstić information content (AvgIpc) is 3.03. The largest absolute Gasteiger partial charge is 0.459 e. The topological polar surface area (TPSA) is 151 Å². The predicted octanol–water partition coefficient (Wildman–Crippen LogP) is 6.00. The van der Waals surface area contributed by atoms with Crippen LogP contribution in [0.5, 0.6) is 0 Å². The van der Waals surface area contributed by atoms with Crippen molar-refractivity contribution in [2.75, 3.05) is 51.1 Å². The minimum atomic E-state index is -0.700. The van der Waals surface area contributed by atoms with Crippen LogP contribution in [0.25, 0.3) is 11.1 Å². The molecule has 0 spiro atoms. The summed E-state index contributed by atoms with van der Waals surface area (Å²) in [5.74, 6) is 0.912. The molecule has 0 saturated carbocycles. The molecule has 0 unspecified atom stereocenters. The van der Waals surface area contributed by atoms with E-state index < -0.39 is 29.0 Å². The van der Waals surface area contributed by atoms with Crippen LogP contribution in [0.15, 0.2) is 55.0 Å². The van der Waals surface area contributed by atoms with Crippen LogP contribution in [0.2, 0.25) is 0 Å². The zero-order valence-corrected chi connectivity index (χ0v) is 32.7. The molecule has 1 aliphatic heterocycles. The van der Waals surface area contributed by atoms with Gasteiger partial charge in [0.05, 0.1) is 13.1 Å². The number of nitrogens with zero attached hydrogens (tertiary/aromatic N) is 6. The van der Waals surface area contributed by atoms with Gasteiger partial charge in [0.15, 0.2) is 0 Å². The predicted molar refractivity (Wildman–Crippen MR) is 203 cm³/mol. The quantitative estimate of drug-likeness (QED) is 0.166. The van der Waals surface area contributed by atoms with E-state index in [0.29, 0.717) is 18.2 Å². The van der Waals surface area contributed by atoms with Gasteiger partial charge < -0.3 is 24.8 Å². The number of esters is 1. The molecule has 14 nitrogen and oxygen atoms in total. The molecule has 14 heteroatoms. The normalized spacial score (nSPS) is 14.3. The second-order valence-electron chi connectivity index (χ2n) is 16.1. The lowest BCUT2D eigenvalue weighted by Crippen LogP contribution is -2.48. The van der Waals surface area contributed by atoms with Gasteiger partial charge in [0.1, 0.15) is 28.4 Å². The van der Waals surface area contributed by atoms with Gasteiger partial charge in [-0.3, -0.25) is 19.5 Å². The van der Waals surface area contributed by atoms with E-state index in [9.17, 15) is 14.4 Å². The molecule has 0 aliphatic carbocycles. The second kappa shape index (κ2) is 17.8. The number of hydrogen-bond donors (Lipinski definition) is 2. The number of pyridine rings is 1. The van der Waals surface area contributed by atoms with Gasteiger partial charge in [0.25, 0.3) is 0 Å². The molecule has 0 radical (unpaired) electrons. The van der Waals surface area contributed by atoms with E-state index in [1.165, 1.54) is 10.5 Å². The van der Waals surface area contributed by atoms with Crippen molar-refractivity contribution in [2.45, 2.75) is 92.2 Å². The first-order chi connectivity index (χ1) is 24.8. The first-order valence-electron chi connectivity index (χ1n) is 18.0. The lowest BCUT2D eigenvalue weighted by Gasteiger charge is -2.34. The van der Waals surface area contributed by atoms with E-state index in [1.54, 1.807) is 60.1 Å². The van der Waals surface area contributed by atoms with Gasteiger partial charge in [-0.05, 0) is 97.7 Å². The summed E-state index contributed by atoms with van der Waals surface area (Å²) in [5, 5.41) is 6.10. The van der Waals surface area contributed by atoms with E-state index in [2.05, 4.69) is 47.5 Å². The summed E-state index contributed by atoms with van der Waals surface area (Å²) >= 11 is 0. The number of rotatable bonds is 12. The fraction of sp³-hybridized carbons (Fsp3) is 0.538. The van der Waals surface area contributed by atoms with Crippen molar-refractivity contribution >= 4 is 29.7 Å². The minimum absolute atomic E-state index is 0.0897. The third-order valence-electron chi connectivity index (χ3n) is 7.68. The summed E-state index contributed by atoms with van der Waals surface area (Å²) in [4.78, 5) is 57.0. The highest BCUT2D eigenvalue weighted by atomic mass is 16.6. The summed E-state index contributed by atoms with van der Waals surface area (Å²) in [6, 6.07) is 12.1. The summed E-state index contributed by atoms with van der Waals surface area (Å²) in [5.41, 5.74) is 1.95. The first-order valence-corrected chi connectivity index (χ1v) is 18.0. The lowest BCUT2D eigenvalue weighted by atomic mass is 10.1. The van der Waals surface area contributed by atoms with Gasteiger partial charge in [-0.1, -0.05) is 12.1 Å². The molecule has 1 aliphatic rings. The van der Waals surface area contributed by atoms with Gasteiger partial charge >= 0.3 is 18.2 Å². The smallest absolute Gasteiger partial charge is 0.410 e. The molecule has 4 rings (SSSR count). The maximum Gasteiger partial charge on any atom is 0.410 e. The molecular weight excluding hydrogens is 676 g/mol. The van der Waals surface area contributed by atoms with Crippen LogP contribution < -0.4 is 10.6 Å². The Morgan fingerprint density at radius 1 is 0.774 bits per heavy atom. The van der Waals surface area contributed by atoms with Crippen LogP contribution in [0.3, 0.4) is 0 Å². The molecule has 2 N–H and O–H groups in total. The minimum Gasteiger partial charge on any atom is -0.459 e. The number of amides is 2. The third kappa shape index (κ3) is 15.0. The number of anilines is 2. The standard InChI is InChI=1S/C39H56N8O6/c1-37(2,3)51-34(48)27-46-19-17-45(18-20-46)25-28-11-10-12-31(21-28)44-32-22-29(13-14-40-32)30-23-42-33(43-24-30)26-47(36(50)53-39(7,8)9)16-15-41-35(49)52-38(4,5)6/h10-14,21-24H,15-20,25-27H2,1-9H3,(H,40,44)(H,41,49). The number of benzene rings is 1. The van der Waals surface area contributed by atoms with Crippen molar-refractivity contribution in [2.24, 2.45) is 0 Å². The van der Waals surface area contributed by atoms with Crippen LogP contribution in [0.4, 0.5) is 21.1 Å². The SMILES string of the molecule is CC(C)(C)OC(=O)CN1CCN(Cc2cccc(Nc3cc(-c4cnc(CN(CCNC(=O)OC(C)(C)C)C(=O)OC(C)(C)C)nc4)ccn3)c2)CC1. The monoisotopic (exact) mass is 732 g/mol. The third-order valence-corrected chi connectivity index (χ3v) is 7.68. The highest BCUT2D eigenvalue weighted by Gasteiger charge is 2.25. The highest BCUT2D eigenvalue weighted by molar-refractivity contribution is 5.72. The van der Waals surface area contributed by atoms with Crippen LogP contribution in [0, 0.1) is 0 Å². The maximum atomic E-state index is 13.0.